The van der Waals surface area contributed by atoms with E-state index in [2.05, 4.69) is 52.8 Å². The molecule has 98 valence electrons. The molecule has 0 spiro atoms. The molecule has 0 aliphatic carbocycles. The Kier molecular flexibility index (Phi) is 3.31. The van der Waals surface area contributed by atoms with Gasteiger partial charge in [0.05, 0.1) is 0 Å². The number of anilines is 1. The summed E-state index contributed by atoms with van der Waals surface area (Å²) in [7, 11) is 0. The van der Waals surface area contributed by atoms with Crippen LogP contribution in [-0.4, -0.2) is 20.5 Å². The van der Waals surface area contributed by atoms with Crippen molar-refractivity contribution in [2.45, 2.75) is 33.6 Å². The Morgan fingerprint density at radius 1 is 1.00 bits per heavy atom. The summed E-state index contributed by atoms with van der Waals surface area (Å²) >= 11 is 0. The molecule has 7 nitrogen and oxygen atoms in total. The Morgan fingerprint density at radius 3 is 2.17 bits per heavy atom. The molecular weight excluding hydrogens is 234 g/mol. The van der Waals surface area contributed by atoms with Crippen molar-refractivity contribution in [2.24, 2.45) is 11.8 Å². The fourth-order valence-electron chi connectivity index (χ4n) is 2.18. The lowest BCUT2D eigenvalue weighted by atomic mass is 9.85. The zero-order valence-corrected chi connectivity index (χ0v) is 10.9. The molecule has 7 heteroatoms. The van der Waals surface area contributed by atoms with Gasteiger partial charge >= 0.3 is 0 Å². The van der Waals surface area contributed by atoms with Gasteiger partial charge in [-0.3, -0.25) is 0 Å². The second-order valence-corrected chi connectivity index (χ2v) is 4.97. The Hall–Kier alpha value is -1.92. The van der Waals surface area contributed by atoms with Crippen LogP contribution in [-0.2, 0) is 0 Å². The lowest BCUT2D eigenvalue weighted by molar-refractivity contribution is 0.308. The van der Waals surface area contributed by atoms with Crippen molar-refractivity contribution in [3.63, 3.8) is 0 Å². The van der Waals surface area contributed by atoms with Gasteiger partial charge in [0.15, 0.2) is 5.82 Å². The average Bonchev–Trinajstić information content (AvgIpc) is 2.85. The second kappa shape index (κ2) is 4.75. The van der Waals surface area contributed by atoms with Crippen LogP contribution in [0.3, 0.4) is 0 Å². The summed E-state index contributed by atoms with van der Waals surface area (Å²) in [5.41, 5.74) is 5.87. The summed E-state index contributed by atoms with van der Waals surface area (Å²) < 4.78 is 9.68. The first-order valence-corrected chi connectivity index (χ1v) is 5.92. The molecule has 0 atom stereocenters. The highest BCUT2D eigenvalue weighted by Gasteiger charge is 2.26. The van der Waals surface area contributed by atoms with Gasteiger partial charge in [0.25, 0.3) is 5.89 Å². The summed E-state index contributed by atoms with van der Waals surface area (Å²) in [6.07, 6.45) is 0. The maximum absolute atomic E-state index is 5.58. The Balaban J connectivity index is 2.33. The van der Waals surface area contributed by atoms with E-state index in [1.807, 2.05) is 0 Å². The van der Waals surface area contributed by atoms with Crippen molar-refractivity contribution in [1.29, 1.82) is 0 Å². The van der Waals surface area contributed by atoms with Crippen molar-refractivity contribution in [1.82, 2.24) is 20.5 Å². The molecule has 2 aromatic heterocycles. The summed E-state index contributed by atoms with van der Waals surface area (Å²) in [6, 6.07) is 0. The predicted molar refractivity (Wildman–Crippen MR) is 64.4 cm³/mol. The first-order chi connectivity index (χ1) is 8.50. The van der Waals surface area contributed by atoms with Crippen LogP contribution in [0.25, 0.3) is 11.6 Å². The number of hydrogen-bond donors (Lipinski definition) is 1. The highest BCUT2D eigenvalue weighted by molar-refractivity contribution is 5.60. The number of nitrogen functional groups attached to an aromatic ring is 1. The first kappa shape index (κ1) is 12.5. The minimum Gasteiger partial charge on any atom is -0.379 e. The predicted octanol–water partition coefficient (Wildman–Crippen LogP) is 2.10. The molecule has 0 amide bonds. The van der Waals surface area contributed by atoms with Crippen LogP contribution in [0.2, 0.25) is 0 Å². The molecule has 2 N–H and O–H groups in total. The van der Waals surface area contributed by atoms with E-state index in [-0.39, 0.29) is 17.6 Å². The monoisotopic (exact) mass is 251 g/mol. The minimum absolute atomic E-state index is 0.149. The summed E-state index contributed by atoms with van der Waals surface area (Å²) in [4.78, 5) is 4.34. The van der Waals surface area contributed by atoms with E-state index in [1.165, 1.54) is 0 Å². The molecule has 0 aliphatic rings. The molecule has 2 aromatic rings. The molecule has 0 aliphatic heterocycles. The van der Waals surface area contributed by atoms with E-state index >= 15 is 0 Å². The van der Waals surface area contributed by atoms with Crippen molar-refractivity contribution in [2.75, 3.05) is 5.73 Å². The third kappa shape index (κ3) is 2.20. The molecule has 0 saturated carbocycles. The van der Waals surface area contributed by atoms with E-state index in [0.29, 0.717) is 23.4 Å². The Morgan fingerprint density at radius 2 is 1.67 bits per heavy atom. The molecule has 2 rings (SSSR count). The van der Waals surface area contributed by atoms with E-state index in [9.17, 15) is 0 Å². The van der Waals surface area contributed by atoms with Crippen molar-refractivity contribution >= 4 is 5.82 Å². The Labute approximate surface area is 105 Å². The van der Waals surface area contributed by atoms with Crippen molar-refractivity contribution < 1.29 is 9.15 Å². The standard InChI is InChI=1S/C11H17N5O2/c1-5(2)7(6(3)4)10-13-11(17-16-10)8-9(12)15-18-14-8/h5-7H,1-4H3,(H2,12,15). The highest BCUT2D eigenvalue weighted by Crippen LogP contribution is 2.31. The maximum Gasteiger partial charge on any atom is 0.284 e. The third-order valence-electron chi connectivity index (χ3n) is 2.89. The third-order valence-corrected chi connectivity index (χ3v) is 2.89. The van der Waals surface area contributed by atoms with Gasteiger partial charge in [0.2, 0.25) is 11.5 Å². The fourth-order valence-corrected chi connectivity index (χ4v) is 2.18. The maximum atomic E-state index is 5.58. The van der Waals surface area contributed by atoms with Gasteiger partial charge in [0, 0.05) is 5.92 Å². The van der Waals surface area contributed by atoms with Crippen molar-refractivity contribution in [3.05, 3.63) is 5.82 Å². The molecule has 18 heavy (non-hydrogen) atoms. The number of rotatable bonds is 4. The van der Waals surface area contributed by atoms with Gasteiger partial charge in [-0.1, -0.05) is 32.9 Å². The van der Waals surface area contributed by atoms with Crippen LogP contribution in [0.15, 0.2) is 9.15 Å². The first-order valence-electron chi connectivity index (χ1n) is 5.92. The summed E-state index contributed by atoms with van der Waals surface area (Å²) in [5, 5.41) is 11.1. The van der Waals surface area contributed by atoms with Gasteiger partial charge in [-0.15, -0.1) is 0 Å². The summed E-state index contributed by atoms with van der Waals surface area (Å²) in [5.74, 6) is 2.12. The topological polar surface area (TPSA) is 104 Å². The number of nitrogens with two attached hydrogens (primary N) is 1. The molecule has 0 unspecified atom stereocenters. The average molecular weight is 251 g/mol. The lowest BCUT2D eigenvalue weighted by Crippen LogP contribution is -2.14. The highest BCUT2D eigenvalue weighted by atomic mass is 16.6. The molecule has 0 fully saturated rings. The van der Waals surface area contributed by atoms with E-state index in [0.717, 1.165) is 0 Å². The normalized spacial score (nSPS) is 11.9. The number of aromatic nitrogens is 4. The molecular formula is C11H17N5O2. The minimum atomic E-state index is 0.149. The lowest BCUT2D eigenvalue weighted by Gasteiger charge is -2.20. The van der Waals surface area contributed by atoms with E-state index in [1.54, 1.807) is 0 Å². The quantitative estimate of drug-likeness (QED) is 0.887. The van der Waals surface area contributed by atoms with Gasteiger partial charge in [-0.25, -0.2) is 4.63 Å². The van der Waals surface area contributed by atoms with Crippen LogP contribution in [0, 0.1) is 11.8 Å². The SMILES string of the molecule is CC(C)C(c1noc(-c2nonc2N)n1)C(C)C. The largest absolute Gasteiger partial charge is 0.379 e. The number of nitrogens with zero attached hydrogens (tertiary/aromatic N) is 4. The van der Waals surface area contributed by atoms with Crippen LogP contribution < -0.4 is 5.73 Å². The molecule has 0 aromatic carbocycles. The summed E-state index contributed by atoms with van der Waals surface area (Å²) in [6.45, 7) is 8.53. The van der Waals surface area contributed by atoms with Gasteiger partial charge in [0.1, 0.15) is 0 Å². The molecule has 0 radical (unpaired) electrons. The molecule has 0 saturated heterocycles. The van der Waals surface area contributed by atoms with E-state index < -0.39 is 0 Å². The van der Waals surface area contributed by atoms with E-state index in [4.69, 9.17) is 10.3 Å². The smallest absolute Gasteiger partial charge is 0.284 e. The molecule has 0 bridgehead atoms. The zero-order chi connectivity index (χ0) is 13.3. The van der Waals surface area contributed by atoms with Gasteiger partial charge in [-0.2, -0.15) is 4.98 Å². The van der Waals surface area contributed by atoms with Crippen LogP contribution >= 0.6 is 0 Å². The van der Waals surface area contributed by atoms with Crippen molar-refractivity contribution in [3.8, 4) is 11.6 Å². The zero-order valence-electron chi connectivity index (χ0n) is 10.9. The molecule has 2 heterocycles. The fraction of sp³-hybridized carbons (Fsp3) is 0.636. The van der Waals surface area contributed by atoms with Gasteiger partial charge < -0.3 is 10.3 Å². The number of hydrogen-bond acceptors (Lipinski definition) is 7. The second-order valence-electron chi connectivity index (χ2n) is 4.97. The Bertz CT molecular complexity index is 509. The van der Waals surface area contributed by atoms with Crippen LogP contribution in [0.5, 0.6) is 0 Å². The van der Waals surface area contributed by atoms with Gasteiger partial charge in [-0.05, 0) is 22.1 Å². The van der Waals surface area contributed by atoms with Crippen LogP contribution in [0.1, 0.15) is 39.4 Å². The van der Waals surface area contributed by atoms with Crippen LogP contribution in [0.4, 0.5) is 5.82 Å².